The zero-order valence-corrected chi connectivity index (χ0v) is 13.7. The van der Waals surface area contributed by atoms with E-state index in [1.165, 1.54) is 0 Å². The molecule has 0 N–H and O–H groups in total. The maximum absolute atomic E-state index is 11.2. The molecule has 0 rings (SSSR count). The molecule has 0 aliphatic rings. The summed E-state index contributed by atoms with van der Waals surface area (Å²) in [6.45, 7) is 4.11. The Morgan fingerprint density at radius 3 is 1.50 bits per heavy atom. The second-order valence-corrected chi connectivity index (χ2v) is 6.09. The number of hydrogen-bond donors (Lipinski definition) is 0. The van der Waals surface area contributed by atoms with Gasteiger partial charge in [-0.05, 0) is 12.8 Å². The van der Waals surface area contributed by atoms with Crippen LogP contribution < -0.4 is 0 Å². The average Bonchev–Trinajstić information content (AvgIpc) is 2.31. The maximum Gasteiger partial charge on any atom is 0.318 e. The highest BCUT2D eigenvalue weighted by molar-refractivity contribution is 14.1. The number of ether oxygens (including phenoxy) is 2. The minimum absolute atomic E-state index is 0.124. The third-order valence-electron chi connectivity index (χ3n) is 1.80. The monoisotopic (exact) mass is 454 g/mol. The summed E-state index contributed by atoms with van der Waals surface area (Å²) in [5, 5.41) is 0. The Bertz CT molecular complexity index is 209. The molecule has 16 heavy (non-hydrogen) atoms. The molecule has 0 bridgehead atoms. The number of rotatable bonds is 7. The number of alkyl halides is 2. The van der Waals surface area contributed by atoms with Gasteiger partial charge in [0.25, 0.3) is 0 Å². The van der Waals surface area contributed by atoms with Crippen molar-refractivity contribution >= 4 is 57.1 Å². The van der Waals surface area contributed by atoms with E-state index in [0.717, 1.165) is 12.8 Å². The van der Waals surface area contributed by atoms with Crippen LogP contribution in [0.1, 0.15) is 26.7 Å². The first-order valence-corrected chi connectivity index (χ1v) is 7.63. The summed E-state index contributed by atoms with van der Waals surface area (Å²) in [5.74, 6) is -0.499. The Morgan fingerprint density at radius 1 is 0.938 bits per heavy atom. The summed E-state index contributed by atoms with van der Waals surface area (Å²) >= 11 is 4.06. The molecule has 0 aromatic carbocycles. The van der Waals surface area contributed by atoms with Crippen molar-refractivity contribution in [3.8, 4) is 0 Å². The Kier molecular flexibility index (Phi) is 9.67. The number of hydrogen-bond acceptors (Lipinski definition) is 4. The molecule has 4 nitrogen and oxygen atoms in total. The van der Waals surface area contributed by atoms with Gasteiger partial charge >= 0.3 is 11.9 Å². The van der Waals surface area contributed by atoms with Gasteiger partial charge in [-0.2, -0.15) is 0 Å². The van der Waals surface area contributed by atoms with Crippen molar-refractivity contribution in [2.75, 3.05) is 13.2 Å². The molecule has 2 atom stereocenters. The molecule has 0 saturated heterocycles. The van der Waals surface area contributed by atoms with Crippen molar-refractivity contribution in [1.82, 2.24) is 0 Å². The Labute approximate surface area is 123 Å². The van der Waals surface area contributed by atoms with E-state index in [2.05, 4.69) is 0 Å². The van der Waals surface area contributed by atoms with Crippen LogP contribution in [0.5, 0.6) is 0 Å². The number of halogens is 2. The predicted octanol–water partition coefficient (Wildman–Crippen LogP) is 2.50. The first-order chi connectivity index (χ1) is 7.52. The summed E-state index contributed by atoms with van der Waals surface area (Å²) in [4.78, 5) is 22.5. The van der Waals surface area contributed by atoms with Crippen LogP contribution in [-0.2, 0) is 19.1 Å². The van der Waals surface area contributed by atoms with Gasteiger partial charge in [0, 0.05) is 0 Å². The molecule has 0 amide bonds. The van der Waals surface area contributed by atoms with E-state index in [1.807, 2.05) is 59.0 Å². The van der Waals surface area contributed by atoms with Gasteiger partial charge < -0.3 is 9.47 Å². The fourth-order valence-corrected chi connectivity index (χ4v) is 1.16. The van der Waals surface area contributed by atoms with E-state index < -0.39 is 0 Å². The number of carbonyl (C=O) groups excluding carboxylic acids is 2. The summed E-state index contributed by atoms with van der Waals surface area (Å²) < 4.78 is 9.62. The molecular formula is C10H16I2O4. The van der Waals surface area contributed by atoms with Crippen LogP contribution in [0.15, 0.2) is 0 Å². The van der Waals surface area contributed by atoms with Crippen LogP contribution in [0, 0.1) is 0 Å². The van der Waals surface area contributed by atoms with Crippen LogP contribution in [0.2, 0.25) is 0 Å². The van der Waals surface area contributed by atoms with Gasteiger partial charge in [0.2, 0.25) is 0 Å². The van der Waals surface area contributed by atoms with Gasteiger partial charge in [-0.1, -0.05) is 59.0 Å². The van der Waals surface area contributed by atoms with Crippen molar-refractivity contribution < 1.29 is 19.1 Å². The van der Waals surface area contributed by atoms with Gasteiger partial charge in [0.05, 0.1) is 0 Å². The molecule has 0 spiro atoms. The third kappa shape index (κ3) is 6.87. The van der Waals surface area contributed by atoms with E-state index >= 15 is 0 Å². The van der Waals surface area contributed by atoms with E-state index in [-0.39, 0.29) is 33.0 Å². The molecule has 6 heteroatoms. The highest BCUT2D eigenvalue weighted by Gasteiger charge is 2.15. The molecule has 0 heterocycles. The van der Waals surface area contributed by atoms with Crippen LogP contribution in [-0.4, -0.2) is 33.0 Å². The van der Waals surface area contributed by atoms with Crippen LogP contribution in [0.25, 0.3) is 0 Å². The van der Waals surface area contributed by atoms with E-state index in [1.54, 1.807) is 0 Å². The summed E-state index contributed by atoms with van der Waals surface area (Å²) in [5.41, 5.74) is 0. The molecular weight excluding hydrogens is 438 g/mol. The number of carbonyl (C=O) groups is 2. The molecule has 0 aliphatic carbocycles. The first-order valence-electron chi connectivity index (χ1n) is 5.14. The van der Waals surface area contributed by atoms with Gasteiger partial charge in [-0.25, -0.2) is 0 Å². The zero-order valence-electron chi connectivity index (χ0n) is 9.37. The first kappa shape index (κ1) is 16.4. The van der Waals surface area contributed by atoms with Crippen LogP contribution in [0.3, 0.4) is 0 Å². The second kappa shape index (κ2) is 9.43. The Balaban J connectivity index is 3.61. The van der Waals surface area contributed by atoms with Crippen LogP contribution >= 0.6 is 45.2 Å². The predicted molar refractivity (Wildman–Crippen MR) is 78.1 cm³/mol. The minimum Gasteiger partial charge on any atom is -0.461 e. The van der Waals surface area contributed by atoms with E-state index in [9.17, 15) is 9.59 Å². The quantitative estimate of drug-likeness (QED) is 0.257. The lowest BCUT2D eigenvalue weighted by atomic mass is 10.3. The number of esters is 2. The highest BCUT2D eigenvalue weighted by Crippen LogP contribution is 2.08. The lowest BCUT2D eigenvalue weighted by molar-refractivity contribution is -0.151. The SMILES string of the molecule is CCC(I)C(=O)OCCOC(=O)C(I)CC. The molecule has 2 unspecified atom stereocenters. The van der Waals surface area contributed by atoms with Crippen molar-refractivity contribution in [1.29, 1.82) is 0 Å². The summed E-state index contributed by atoms with van der Waals surface area (Å²) in [6, 6.07) is 0. The molecule has 0 radical (unpaired) electrons. The summed E-state index contributed by atoms with van der Waals surface area (Å²) in [7, 11) is 0. The largest absolute Gasteiger partial charge is 0.461 e. The lowest BCUT2D eigenvalue weighted by Gasteiger charge is -2.10. The second-order valence-electron chi connectivity index (χ2n) is 3.09. The minimum atomic E-state index is -0.249. The van der Waals surface area contributed by atoms with Gasteiger partial charge in [-0.3, -0.25) is 9.59 Å². The molecule has 0 aliphatic heterocycles. The molecule has 94 valence electrons. The van der Waals surface area contributed by atoms with Gasteiger partial charge in [-0.15, -0.1) is 0 Å². The van der Waals surface area contributed by atoms with Crippen LogP contribution in [0.4, 0.5) is 0 Å². The molecule has 0 aromatic heterocycles. The normalized spacial score (nSPS) is 14.0. The molecule has 0 saturated carbocycles. The van der Waals surface area contributed by atoms with Crippen molar-refractivity contribution in [2.24, 2.45) is 0 Å². The van der Waals surface area contributed by atoms with E-state index in [0.29, 0.717) is 0 Å². The molecule has 0 fully saturated rings. The fourth-order valence-electron chi connectivity index (χ4n) is 0.799. The average molecular weight is 454 g/mol. The summed E-state index contributed by atoms with van der Waals surface area (Å²) in [6.07, 6.45) is 1.48. The fraction of sp³-hybridized carbons (Fsp3) is 0.800. The topological polar surface area (TPSA) is 52.6 Å². The smallest absolute Gasteiger partial charge is 0.318 e. The standard InChI is InChI=1S/C10H16I2O4/c1-3-7(11)9(13)15-5-6-16-10(14)8(12)4-2/h7-8H,3-6H2,1-2H3. The van der Waals surface area contributed by atoms with E-state index in [4.69, 9.17) is 9.47 Å². The van der Waals surface area contributed by atoms with Crippen molar-refractivity contribution in [3.63, 3.8) is 0 Å². The lowest BCUT2D eigenvalue weighted by Crippen LogP contribution is -2.22. The van der Waals surface area contributed by atoms with Crippen molar-refractivity contribution in [3.05, 3.63) is 0 Å². The molecule has 0 aromatic rings. The Hall–Kier alpha value is 0.400. The zero-order chi connectivity index (χ0) is 12.6. The van der Waals surface area contributed by atoms with Gasteiger partial charge in [0.1, 0.15) is 21.1 Å². The maximum atomic E-state index is 11.2. The Morgan fingerprint density at radius 2 is 1.25 bits per heavy atom. The third-order valence-corrected chi connectivity index (χ3v) is 4.58. The van der Waals surface area contributed by atoms with Gasteiger partial charge in [0.15, 0.2) is 0 Å². The highest BCUT2D eigenvalue weighted by atomic mass is 127. The van der Waals surface area contributed by atoms with Crippen molar-refractivity contribution in [2.45, 2.75) is 34.5 Å².